The second kappa shape index (κ2) is 20.5. The molecule has 5 atom stereocenters. The average molecular weight is 914 g/mol. The standard InChI is InChI=1S/C50H65ClN6O8/c1-30(53-9)42(58)55-41(48(2,3)4)45(61)57-22-12-15-38(57)44(60)54-40-36-14-11-10-13-32(36)27-39(40)64-26-24-62-23-25-63-34-19-16-31(17-20-34)43(59)56-46-49(5,6)47(50(46,7)8)65-35-21-18-33(29-52)37(51)28-35/h10-11,13-14,16-21,28,30,38-41,46-47,53H,12,15,22-27H2,1-9H3,(H,54,60)(H,55,58)(H,56,59)/t30-,38-,39+,40-,41?,46?,47?/m0/s1. The Morgan fingerprint density at radius 2 is 1.60 bits per heavy atom. The first kappa shape index (κ1) is 49.2. The number of carbonyl (C=O) groups is 4. The topological polar surface area (TPSA) is 180 Å². The fourth-order valence-corrected chi connectivity index (χ4v) is 9.95. The molecule has 1 saturated carbocycles. The van der Waals surface area contributed by atoms with E-state index in [1.54, 1.807) is 61.3 Å². The zero-order valence-electron chi connectivity index (χ0n) is 39.1. The summed E-state index contributed by atoms with van der Waals surface area (Å²) in [6.07, 6.45) is 1.29. The highest BCUT2D eigenvalue weighted by molar-refractivity contribution is 6.31. The Hall–Kier alpha value is -5.20. The van der Waals surface area contributed by atoms with E-state index < -0.39 is 40.4 Å². The highest BCUT2D eigenvalue weighted by atomic mass is 35.5. The van der Waals surface area contributed by atoms with Crippen LogP contribution in [-0.4, -0.2) is 105 Å². The third-order valence-electron chi connectivity index (χ3n) is 13.1. The van der Waals surface area contributed by atoms with Gasteiger partial charge in [0.25, 0.3) is 5.91 Å². The number of halogens is 1. The maximum absolute atomic E-state index is 14.0. The van der Waals surface area contributed by atoms with Crippen LogP contribution < -0.4 is 30.7 Å². The maximum Gasteiger partial charge on any atom is 0.251 e. The SMILES string of the molecule is CN[C@@H](C)C(=O)NC(C(=O)N1CCC[C@H]1C(=O)N[C@H]1c2ccccc2C[C@H]1OCCOCCOc1ccc(C(=O)NC2C(C)(C)C(Oc3ccc(C#N)c(Cl)c3)C2(C)C)cc1)C(C)(C)C. The van der Waals surface area contributed by atoms with Crippen LogP contribution in [0.15, 0.2) is 66.7 Å². The van der Waals surface area contributed by atoms with Crippen LogP contribution in [0.1, 0.15) is 101 Å². The molecule has 350 valence electrons. The van der Waals surface area contributed by atoms with Crippen LogP contribution in [0.5, 0.6) is 11.5 Å². The minimum Gasteiger partial charge on any atom is -0.491 e. The van der Waals surface area contributed by atoms with Gasteiger partial charge in [-0.15, -0.1) is 0 Å². The van der Waals surface area contributed by atoms with E-state index in [0.29, 0.717) is 79.9 Å². The number of carbonyl (C=O) groups excluding carboxylic acids is 4. The minimum atomic E-state index is -0.800. The van der Waals surface area contributed by atoms with Crippen LogP contribution in [0.2, 0.25) is 5.02 Å². The molecule has 1 heterocycles. The smallest absolute Gasteiger partial charge is 0.251 e. The summed E-state index contributed by atoms with van der Waals surface area (Å²) < 4.78 is 24.4. The summed E-state index contributed by atoms with van der Waals surface area (Å²) in [4.78, 5) is 55.9. The predicted octanol–water partition coefficient (Wildman–Crippen LogP) is 6.15. The van der Waals surface area contributed by atoms with Gasteiger partial charge in [0.1, 0.15) is 42.4 Å². The number of fused-ring (bicyclic) bond motifs is 1. The number of amides is 4. The third-order valence-corrected chi connectivity index (χ3v) is 13.5. The lowest BCUT2D eigenvalue weighted by molar-refractivity contribution is -0.164. The van der Waals surface area contributed by atoms with Crippen molar-refractivity contribution in [2.24, 2.45) is 16.2 Å². The van der Waals surface area contributed by atoms with Crippen molar-refractivity contribution in [2.75, 3.05) is 40.0 Å². The van der Waals surface area contributed by atoms with Gasteiger partial charge in [0, 0.05) is 41.5 Å². The van der Waals surface area contributed by atoms with Gasteiger partial charge in [-0.05, 0) is 79.8 Å². The van der Waals surface area contributed by atoms with Crippen LogP contribution in [0.25, 0.3) is 0 Å². The van der Waals surface area contributed by atoms with Gasteiger partial charge in [-0.3, -0.25) is 19.2 Å². The van der Waals surface area contributed by atoms with Crippen LogP contribution >= 0.6 is 11.6 Å². The number of rotatable bonds is 18. The quantitative estimate of drug-likeness (QED) is 0.108. The summed E-state index contributed by atoms with van der Waals surface area (Å²) in [5, 5.41) is 21.8. The number of likely N-dealkylation sites (N-methyl/N-ethyl adjacent to an activating group) is 1. The van der Waals surface area contributed by atoms with E-state index in [0.717, 1.165) is 11.1 Å². The van der Waals surface area contributed by atoms with Crippen molar-refractivity contribution in [3.8, 4) is 17.6 Å². The zero-order valence-corrected chi connectivity index (χ0v) is 39.8. The molecule has 15 heteroatoms. The molecule has 2 fully saturated rings. The number of nitrogens with zero attached hydrogens (tertiary/aromatic N) is 2. The summed E-state index contributed by atoms with van der Waals surface area (Å²) in [5.74, 6) is 0.203. The molecule has 6 rings (SSSR count). The van der Waals surface area contributed by atoms with Crippen molar-refractivity contribution in [1.82, 2.24) is 26.2 Å². The molecular formula is C50H65ClN6O8. The lowest BCUT2D eigenvalue weighted by atomic mass is 9.49. The van der Waals surface area contributed by atoms with E-state index in [1.165, 1.54) is 0 Å². The Morgan fingerprint density at radius 3 is 2.26 bits per heavy atom. The largest absolute Gasteiger partial charge is 0.491 e. The van der Waals surface area contributed by atoms with E-state index in [2.05, 4.69) is 55.0 Å². The number of benzene rings is 3. The second-order valence-corrected chi connectivity index (χ2v) is 20.0. The summed E-state index contributed by atoms with van der Waals surface area (Å²) in [6.45, 7) is 17.4. The van der Waals surface area contributed by atoms with Crippen LogP contribution in [0.4, 0.5) is 0 Å². The Morgan fingerprint density at radius 1 is 0.923 bits per heavy atom. The molecule has 2 aliphatic carbocycles. The lowest BCUT2D eigenvalue weighted by Gasteiger charge is -2.63. The molecule has 1 saturated heterocycles. The zero-order chi connectivity index (χ0) is 47.3. The van der Waals surface area contributed by atoms with Crippen LogP contribution in [0, 0.1) is 27.6 Å². The van der Waals surface area contributed by atoms with Gasteiger partial charge in [0.05, 0.1) is 48.6 Å². The van der Waals surface area contributed by atoms with Gasteiger partial charge in [-0.25, -0.2) is 0 Å². The molecule has 4 amide bonds. The number of nitriles is 1. The fraction of sp³-hybridized carbons (Fsp3) is 0.540. The molecule has 0 spiro atoms. The number of ether oxygens (including phenoxy) is 4. The predicted molar refractivity (Wildman–Crippen MR) is 248 cm³/mol. The van der Waals surface area contributed by atoms with Crippen molar-refractivity contribution in [1.29, 1.82) is 5.26 Å². The molecular weight excluding hydrogens is 848 g/mol. The molecule has 3 aromatic carbocycles. The van der Waals surface area contributed by atoms with Crippen molar-refractivity contribution >= 4 is 35.2 Å². The fourth-order valence-electron chi connectivity index (χ4n) is 9.74. The number of hydrogen-bond acceptors (Lipinski definition) is 10. The lowest BCUT2D eigenvalue weighted by Crippen LogP contribution is -2.74. The highest BCUT2D eigenvalue weighted by Gasteiger charge is 2.64. The van der Waals surface area contributed by atoms with Gasteiger partial charge in [0.15, 0.2) is 0 Å². The Labute approximate surface area is 388 Å². The number of hydrogen-bond donors (Lipinski definition) is 4. The van der Waals surface area contributed by atoms with Crippen molar-refractivity contribution in [3.63, 3.8) is 0 Å². The van der Waals surface area contributed by atoms with Gasteiger partial charge in [-0.1, -0.05) is 84.3 Å². The monoisotopic (exact) mass is 912 g/mol. The number of nitrogens with one attached hydrogen (secondary N) is 4. The Bertz CT molecular complexity index is 2220. The molecule has 65 heavy (non-hydrogen) atoms. The first-order chi connectivity index (χ1) is 30.8. The van der Waals surface area contributed by atoms with Crippen LogP contribution in [0.3, 0.4) is 0 Å². The van der Waals surface area contributed by atoms with Crippen molar-refractivity contribution < 1.29 is 38.1 Å². The van der Waals surface area contributed by atoms with Crippen LogP contribution in [-0.2, 0) is 30.3 Å². The van der Waals surface area contributed by atoms with E-state index in [1.807, 2.05) is 45.0 Å². The molecule has 14 nitrogen and oxygen atoms in total. The molecule has 4 N–H and O–H groups in total. The maximum atomic E-state index is 14.0. The molecule has 3 aromatic rings. The first-order valence-electron chi connectivity index (χ1n) is 22.5. The highest BCUT2D eigenvalue weighted by Crippen LogP contribution is 2.55. The van der Waals surface area contributed by atoms with Gasteiger partial charge < -0.3 is 45.1 Å². The van der Waals surface area contributed by atoms with E-state index in [9.17, 15) is 24.4 Å². The summed E-state index contributed by atoms with van der Waals surface area (Å²) in [7, 11) is 1.69. The summed E-state index contributed by atoms with van der Waals surface area (Å²) in [6, 6.07) is 19.5. The van der Waals surface area contributed by atoms with E-state index in [4.69, 9.17) is 30.5 Å². The first-order valence-corrected chi connectivity index (χ1v) is 22.9. The summed E-state index contributed by atoms with van der Waals surface area (Å²) in [5.41, 5.74) is 1.61. The molecule has 1 unspecified atom stereocenters. The Balaban J connectivity index is 0.944. The normalized spacial score (nSPS) is 22.7. The van der Waals surface area contributed by atoms with Crippen molar-refractivity contribution in [3.05, 3.63) is 94.0 Å². The Kier molecular flexibility index (Phi) is 15.6. The van der Waals surface area contributed by atoms with Gasteiger partial charge in [-0.2, -0.15) is 5.26 Å². The molecule has 0 bridgehead atoms. The number of likely N-dealkylation sites (tertiary alicyclic amines) is 1. The van der Waals surface area contributed by atoms with E-state index in [-0.39, 0.29) is 41.9 Å². The second-order valence-electron chi connectivity index (χ2n) is 19.6. The van der Waals surface area contributed by atoms with Gasteiger partial charge >= 0.3 is 0 Å². The third kappa shape index (κ3) is 11.1. The molecule has 3 aliphatic rings. The van der Waals surface area contributed by atoms with Gasteiger partial charge in [0.2, 0.25) is 17.7 Å². The molecule has 0 radical (unpaired) electrons. The molecule has 1 aliphatic heterocycles. The summed E-state index contributed by atoms with van der Waals surface area (Å²) >= 11 is 6.24. The van der Waals surface area contributed by atoms with E-state index >= 15 is 0 Å². The van der Waals surface area contributed by atoms with Crippen molar-refractivity contribution in [2.45, 2.75) is 117 Å². The molecule has 0 aromatic heterocycles. The average Bonchev–Trinajstić information content (AvgIpc) is 3.90. The minimum absolute atomic E-state index is 0.172.